The Bertz CT molecular complexity index is 745. The zero-order chi connectivity index (χ0) is 14.0. The molecule has 0 amide bonds. The molecular formula is C11H14N4O3S. The Balaban J connectivity index is 2.42. The molecule has 0 aliphatic heterocycles. The summed E-state index contributed by atoms with van der Waals surface area (Å²) in [5.41, 5.74) is 0.444. The minimum Gasteiger partial charge on any atom is -0.366 e. The molecule has 0 aliphatic rings. The van der Waals surface area contributed by atoms with Gasteiger partial charge >= 0.3 is 0 Å². The molecule has 0 saturated heterocycles. The first-order valence-corrected chi connectivity index (χ1v) is 7.15. The van der Waals surface area contributed by atoms with E-state index in [-0.39, 0.29) is 4.90 Å². The first kappa shape index (κ1) is 13.3. The topological polar surface area (TPSA) is 96.8 Å². The Hall–Kier alpha value is -2.09. The summed E-state index contributed by atoms with van der Waals surface area (Å²) < 4.78 is 28.2. The number of aromatic nitrogens is 3. The van der Waals surface area contributed by atoms with E-state index in [1.54, 1.807) is 13.2 Å². The Labute approximate surface area is 110 Å². The number of nitrogens with zero attached hydrogens (tertiary/aromatic N) is 2. The van der Waals surface area contributed by atoms with Gasteiger partial charge in [0.1, 0.15) is 0 Å². The lowest BCUT2D eigenvalue weighted by Gasteiger charge is -2.06. The number of sulfonamides is 1. The first-order valence-electron chi connectivity index (χ1n) is 5.66. The van der Waals surface area contributed by atoms with Crippen LogP contribution in [0.1, 0.15) is 12.6 Å². The molecule has 0 fully saturated rings. The standard InChI is InChI=1S/C11H14N4O3S/c1-3-8-9(7-15(2)13-8)14-19(17,18)11-6-12-5-4-10(11)16/h4-7,14H,3H2,1-2H3,(H,12,16). The summed E-state index contributed by atoms with van der Waals surface area (Å²) in [5, 5.41) is 4.13. The summed E-state index contributed by atoms with van der Waals surface area (Å²) in [5.74, 6) is 0. The smallest absolute Gasteiger partial charge is 0.267 e. The van der Waals surface area contributed by atoms with Gasteiger partial charge < -0.3 is 4.98 Å². The van der Waals surface area contributed by atoms with Crippen LogP contribution in [0.4, 0.5) is 5.69 Å². The van der Waals surface area contributed by atoms with Crippen LogP contribution >= 0.6 is 0 Å². The van der Waals surface area contributed by atoms with Crippen molar-refractivity contribution in [2.24, 2.45) is 7.05 Å². The highest BCUT2D eigenvalue weighted by Crippen LogP contribution is 2.17. The Morgan fingerprint density at radius 2 is 2.21 bits per heavy atom. The van der Waals surface area contributed by atoms with Crippen molar-refractivity contribution < 1.29 is 8.42 Å². The summed E-state index contributed by atoms with van der Waals surface area (Å²) in [6, 6.07) is 1.17. The van der Waals surface area contributed by atoms with Crippen LogP contribution in [0.3, 0.4) is 0 Å². The van der Waals surface area contributed by atoms with Gasteiger partial charge in [0.25, 0.3) is 10.0 Å². The fourth-order valence-electron chi connectivity index (χ4n) is 1.69. The van der Waals surface area contributed by atoms with Gasteiger partial charge in [-0.1, -0.05) is 6.92 Å². The maximum Gasteiger partial charge on any atom is 0.267 e. The normalized spacial score (nSPS) is 11.5. The van der Waals surface area contributed by atoms with Gasteiger partial charge in [-0.3, -0.25) is 14.2 Å². The van der Waals surface area contributed by atoms with Crippen LogP contribution in [0.25, 0.3) is 0 Å². The second-order valence-corrected chi connectivity index (χ2v) is 5.65. The van der Waals surface area contributed by atoms with Crippen LogP contribution in [-0.2, 0) is 23.5 Å². The zero-order valence-corrected chi connectivity index (χ0v) is 11.4. The van der Waals surface area contributed by atoms with Gasteiger partial charge in [-0.2, -0.15) is 5.10 Å². The average Bonchev–Trinajstić information content (AvgIpc) is 2.69. The number of hydrogen-bond donors (Lipinski definition) is 2. The number of aryl methyl sites for hydroxylation is 2. The maximum atomic E-state index is 12.1. The van der Waals surface area contributed by atoms with Crippen LogP contribution in [0.15, 0.2) is 34.3 Å². The number of aromatic amines is 1. The van der Waals surface area contributed by atoms with Crippen LogP contribution in [0.5, 0.6) is 0 Å². The van der Waals surface area contributed by atoms with Crippen molar-refractivity contribution in [3.63, 3.8) is 0 Å². The van der Waals surface area contributed by atoms with Crippen molar-refractivity contribution >= 4 is 15.7 Å². The molecule has 2 aromatic rings. The van der Waals surface area contributed by atoms with E-state index in [1.165, 1.54) is 16.9 Å². The van der Waals surface area contributed by atoms with Crippen LogP contribution in [0.2, 0.25) is 0 Å². The third kappa shape index (κ3) is 2.68. The predicted octanol–water partition coefficient (Wildman–Crippen LogP) is 0.472. The van der Waals surface area contributed by atoms with Gasteiger partial charge in [0, 0.05) is 31.7 Å². The highest BCUT2D eigenvalue weighted by Gasteiger charge is 2.20. The number of H-pyrrole nitrogens is 1. The van der Waals surface area contributed by atoms with Gasteiger partial charge in [-0.25, -0.2) is 8.42 Å². The Morgan fingerprint density at radius 3 is 2.84 bits per heavy atom. The van der Waals surface area contributed by atoms with E-state index in [0.29, 0.717) is 17.8 Å². The van der Waals surface area contributed by atoms with Crippen molar-refractivity contribution in [1.82, 2.24) is 14.8 Å². The predicted molar refractivity (Wildman–Crippen MR) is 70.5 cm³/mol. The molecule has 0 saturated carbocycles. The number of nitrogens with one attached hydrogen (secondary N) is 2. The number of hydrogen-bond acceptors (Lipinski definition) is 4. The molecule has 0 aromatic carbocycles. The second-order valence-electron chi connectivity index (χ2n) is 4.00. The van der Waals surface area contributed by atoms with Gasteiger partial charge in [-0.05, 0) is 6.42 Å². The zero-order valence-electron chi connectivity index (χ0n) is 10.5. The molecule has 2 rings (SSSR count). The van der Waals surface area contributed by atoms with Gasteiger partial charge in [0.15, 0.2) is 4.90 Å². The van der Waals surface area contributed by atoms with Crippen molar-refractivity contribution in [3.8, 4) is 0 Å². The molecule has 0 unspecified atom stereocenters. The molecule has 2 aromatic heterocycles. The van der Waals surface area contributed by atoms with Gasteiger partial charge in [0.05, 0.1) is 11.4 Å². The quantitative estimate of drug-likeness (QED) is 0.852. The molecule has 19 heavy (non-hydrogen) atoms. The molecule has 8 heteroatoms. The summed E-state index contributed by atoms with van der Waals surface area (Å²) in [6.45, 7) is 1.87. The molecule has 0 aliphatic carbocycles. The monoisotopic (exact) mass is 282 g/mol. The minimum absolute atomic E-state index is 0.319. The summed E-state index contributed by atoms with van der Waals surface area (Å²) in [7, 11) is -2.21. The van der Waals surface area contributed by atoms with E-state index < -0.39 is 15.5 Å². The SMILES string of the molecule is CCc1nn(C)cc1NS(=O)(=O)c1c[nH]ccc1=O. The lowest BCUT2D eigenvalue weighted by atomic mass is 10.3. The molecule has 0 radical (unpaired) electrons. The van der Waals surface area contributed by atoms with Crippen LogP contribution in [0, 0.1) is 0 Å². The minimum atomic E-state index is -3.91. The van der Waals surface area contributed by atoms with E-state index in [9.17, 15) is 13.2 Å². The van der Waals surface area contributed by atoms with Crippen LogP contribution < -0.4 is 10.2 Å². The largest absolute Gasteiger partial charge is 0.366 e. The van der Waals surface area contributed by atoms with Gasteiger partial charge in [-0.15, -0.1) is 0 Å². The van der Waals surface area contributed by atoms with E-state index in [2.05, 4.69) is 14.8 Å². The number of pyridine rings is 1. The molecular weight excluding hydrogens is 268 g/mol. The molecule has 0 atom stereocenters. The third-order valence-corrected chi connectivity index (χ3v) is 3.95. The molecule has 2 heterocycles. The average molecular weight is 282 g/mol. The van der Waals surface area contributed by atoms with Crippen molar-refractivity contribution in [3.05, 3.63) is 40.6 Å². The molecule has 2 N–H and O–H groups in total. The van der Waals surface area contributed by atoms with Crippen molar-refractivity contribution in [2.75, 3.05) is 4.72 Å². The molecule has 0 spiro atoms. The third-order valence-electron chi connectivity index (χ3n) is 2.56. The van der Waals surface area contributed by atoms with Gasteiger partial charge in [0.2, 0.25) is 5.43 Å². The maximum absolute atomic E-state index is 12.1. The Kier molecular flexibility index (Phi) is 3.43. The summed E-state index contributed by atoms with van der Waals surface area (Å²) in [4.78, 5) is 13.8. The Morgan fingerprint density at radius 1 is 1.47 bits per heavy atom. The number of rotatable bonds is 4. The second kappa shape index (κ2) is 4.88. The van der Waals surface area contributed by atoms with Crippen molar-refractivity contribution in [1.29, 1.82) is 0 Å². The van der Waals surface area contributed by atoms with E-state index in [4.69, 9.17) is 0 Å². The van der Waals surface area contributed by atoms with Crippen LogP contribution in [-0.4, -0.2) is 23.2 Å². The molecule has 0 bridgehead atoms. The lowest BCUT2D eigenvalue weighted by Crippen LogP contribution is -2.21. The number of anilines is 1. The fraction of sp³-hybridized carbons (Fsp3) is 0.273. The highest BCUT2D eigenvalue weighted by atomic mass is 32.2. The van der Waals surface area contributed by atoms with E-state index in [1.807, 2.05) is 6.92 Å². The van der Waals surface area contributed by atoms with E-state index >= 15 is 0 Å². The molecule has 7 nitrogen and oxygen atoms in total. The molecule has 102 valence electrons. The summed E-state index contributed by atoms with van der Waals surface area (Å²) in [6.07, 6.45) is 4.69. The van der Waals surface area contributed by atoms with Crippen molar-refractivity contribution in [2.45, 2.75) is 18.2 Å². The first-order chi connectivity index (χ1) is 8.94. The highest BCUT2D eigenvalue weighted by molar-refractivity contribution is 7.92. The fourth-order valence-corrected chi connectivity index (χ4v) is 2.82. The van der Waals surface area contributed by atoms with E-state index in [0.717, 1.165) is 6.20 Å². The lowest BCUT2D eigenvalue weighted by molar-refractivity contribution is 0.600. The summed E-state index contributed by atoms with van der Waals surface area (Å²) >= 11 is 0.